The lowest BCUT2D eigenvalue weighted by Gasteiger charge is -2.40. The molecule has 0 aliphatic carbocycles. The SMILES string of the molecule is CC(C)(Oc1ccc(Cl)cc1F)C(=O)NC1CC2CCC(C1)N2c1ccc(C(=O)NCC(F)(F)F)cn1. The molecule has 2 aliphatic heterocycles. The van der Waals surface area contributed by atoms with Crippen molar-refractivity contribution < 1.29 is 31.9 Å². The minimum atomic E-state index is -4.49. The Morgan fingerprint density at radius 3 is 2.38 bits per heavy atom. The van der Waals surface area contributed by atoms with Crippen LogP contribution in [0.25, 0.3) is 0 Å². The highest BCUT2D eigenvalue weighted by Gasteiger charge is 2.43. The normalized spacial score (nSPS) is 21.5. The van der Waals surface area contributed by atoms with Gasteiger partial charge in [0.2, 0.25) is 0 Å². The number of carbonyl (C=O) groups is 2. The van der Waals surface area contributed by atoms with Crippen molar-refractivity contribution in [3.8, 4) is 5.75 Å². The van der Waals surface area contributed by atoms with Gasteiger partial charge < -0.3 is 20.3 Å². The maximum absolute atomic E-state index is 14.2. The fourth-order valence-electron chi connectivity index (χ4n) is 4.86. The van der Waals surface area contributed by atoms with Crippen LogP contribution in [0, 0.1) is 5.82 Å². The van der Waals surface area contributed by atoms with Gasteiger partial charge in [-0.1, -0.05) is 11.6 Å². The van der Waals surface area contributed by atoms with E-state index in [0.29, 0.717) is 18.7 Å². The second kappa shape index (κ2) is 10.4. The number of benzene rings is 1. The van der Waals surface area contributed by atoms with E-state index < -0.39 is 30.0 Å². The third-order valence-electron chi connectivity index (χ3n) is 6.60. The second-order valence-corrected chi connectivity index (χ2v) is 10.3. The van der Waals surface area contributed by atoms with Gasteiger partial charge in [0.15, 0.2) is 17.2 Å². The molecule has 1 aromatic heterocycles. The van der Waals surface area contributed by atoms with Crippen LogP contribution in [0.4, 0.5) is 23.4 Å². The molecule has 3 heterocycles. The maximum Gasteiger partial charge on any atom is 0.405 e. The Morgan fingerprint density at radius 1 is 1.14 bits per heavy atom. The number of nitrogens with zero attached hydrogens (tertiary/aromatic N) is 2. The van der Waals surface area contributed by atoms with E-state index in [9.17, 15) is 27.2 Å². The Bertz CT molecular complexity index is 1150. The van der Waals surface area contributed by atoms with Crippen LogP contribution in [0.2, 0.25) is 5.02 Å². The number of alkyl halides is 3. The quantitative estimate of drug-likeness (QED) is 0.498. The number of nitrogens with one attached hydrogen (secondary N) is 2. The number of rotatable bonds is 7. The number of anilines is 1. The van der Waals surface area contributed by atoms with Gasteiger partial charge in [-0.25, -0.2) is 9.37 Å². The molecule has 2 atom stereocenters. The minimum absolute atomic E-state index is 0.0434. The number of carbonyl (C=O) groups excluding carboxylic acids is 2. The molecule has 2 aliphatic rings. The molecule has 2 bridgehead atoms. The first-order valence-electron chi connectivity index (χ1n) is 11.9. The fourth-order valence-corrected chi connectivity index (χ4v) is 5.02. The van der Waals surface area contributed by atoms with Crippen molar-refractivity contribution in [2.75, 3.05) is 11.4 Å². The third kappa shape index (κ3) is 6.44. The number of amides is 2. The zero-order valence-electron chi connectivity index (χ0n) is 20.2. The number of hydrogen-bond acceptors (Lipinski definition) is 5. The van der Waals surface area contributed by atoms with Gasteiger partial charge in [0, 0.05) is 29.3 Å². The molecule has 0 radical (unpaired) electrons. The van der Waals surface area contributed by atoms with E-state index in [-0.39, 0.29) is 40.4 Å². The van der Waals surface area contributed by atoms with E-state index in [1.54, 1.807) is 19.9 Å². The van der Waals surface area contributed by atoms with Gasteiger partial charge in [0.05, 0.1) is 5.56 Å². The van der Waals surface area contributed by atoms with Crippen molar-refractivity contribution in [3.63, 3.8) is 0 Å². The number of halogens is 5. The maximum atomic E-state index is 14.2. The first-order chi connectivity index (χ1) is 17.3. The highest BCUT2D eigenvalue weighted by atomic mass is 35.5. The van der Waals surface area contributed by atoms with E-state index in [1.165, 1.54) is 24.4 Å². The van der Waals surface area contributed by atoms with Crippen LogP contribution < -0.4 is 20.3 Å². The molecule has 2 unspecified atom stereocenters. The lowest BCUT2D eigenvalue weighted by atomic mass is 9.96. The van der Waals surface area contributed by atoms with Crippen molar-refractivity contribution in [2.24, 2.45) is 0 Å². The van der Waals surface area contributed by atoms with Crippen molar-refractivity contribution in [1.29, 1.82) is 0 Å². The van der Waals surface area contributed by atoms with Gasteiger partial charge in [0.1, 0.15) is 12.4 Å². The van der Waals surface area contributed by atoms with Crippen LogP contribution in [-0.4, -0.2) is 53.2 Å². The van der Waals surface area contributed by atoms with Gasteiger partial charge in [-0.15, -0.1) is 0 Å². The number of pyridine rings is 1. The summed E-state index contributed by atoms with van der Waals surface area (Å²) in [5.74, 6) is -1.31. The molecule has 4 rings (SSSR count). The summed E-state index contributed by atoms with van der Waals surface area (Å²) < 4.78 is 56.8. The topological polar surface area (TPSA) is 83.6 Å². The van der Waals surface area contributed by atoms with E-state index in [1.807, 2.05) is 5.32 Å². The molecule has 2 aromatic rings. The van der Waals surface area contributed by atoms with Crippen LogP contribution in [0.15, 0.2) is 36.5 Å². The number of fused-ring (bicyclic) bond motifs is 2. The molecule has 12 heteroatoms. The summed E-state index contributed by atoms with van der Waals surface area (Å²) in [4.78, 5) is 31.4. The number of aromatic nitrogens is 1. The van der Waals surface area contributed by atoms with E-state index in [2.05, 4.69) is 15.2 Å². The Balaban J connectivity index is 1.35. The smallest absolute Gasteiger partial charge is 0.405 e. The summed E-state index contributed by atoms with van der Waals surface area (Å²) in [6, 6.07) is 7.14. The van der Waals surface area contributed by atoms with Gasteiger partial charge in [-0.05, 0) is 69.9 Å². The number of hydrogen-bond donors (Lipinski definition) is 2. The molecular formula is C25H27ClF4N4O3. The zero-order valence-corrected chi connectivity index (χ0v) is 21.0. The van der Waals surface area contributed by atoms with Gasteiger partial charge in [0.25, 0.3) is 11.8 Å². The molecule has 0 spiro atoms. The Morgan fingerprint density at radius 2 is 1.81 bits per heavy atom. The molecule has 200 valence electrons. The molecule has 0 saturated carbocycles. The van der Waals surface area contributed by atoms with Crippen LogP contribution in [0.1, 0.15) is 49.9 Å². The Kier molecular flexibility index (Phi) is 7.55. The summed E-state index contributed by atoms with van der Waals surface area (Å²) in [6.07, 6.45) is -0.128. The summed E-state index contributed by atoms with van der Waals surface area (Å²) in [7, 11) is 0. The highest BCUT2D eigenvalue weighted by Crippen LogP contribution is 2.39. The van der Waals surface area contributed by atoms with Gasteiger partial charge in [-0.2, -0.15) is 13.2 Å². The predicted octanol–water partition coefficient (Wildman–Crippen LogP) is 4.64. The summed E-state index contributed by atoms with van der Waals surface area (Å²) in [5, 5.41) is 5.08. The molecular weight excluding hydrogens is 516 g/mol. The van der Waals surface area contributed by atoms with Crippen LogP contribution in [-0.2, 0) is 4.79 Å². The van der Waals surface area contributed by atoms with Crippen LogP contribution in [0.3, 0.4) is 0 Å². The van der Waals surface area contributed by atoms with Crippen LogP contribution >= 0.6 is 11.6 Å². The average molecular weight is 543 g/mol. The van der Waals surface area contributed by atoms with Gasteiger partial charge >= 0.3 is 6.18 Å². The summed E-state index contributed by atoms with van der Waals surface area (Å²) in [5.41, 5.74) is -1.28. The number of piperidine rings is 1. The lowest BCUT2D eigenvalue weighted by Crippen LogP contribution is -2.55. The predicted molar refractivity (Wildman–Crippen MR) is 129 cm³/mol. The Hall–Kier alpha value is -3.08. The highest BCUT2D eigenvalue weighted by molar-refractivity contribution is 6.30. The first kappa shape index (κ1) is 27.0. The van der Waals surface area contributed by atoms with Gasteiger partial charge in [-0.3, -0.25) is 9.59 Å². The summed E-state index contributed by atoms with van der Waals surface area (Å²) in [6.45, 7) is 1.72. The second-order valence-electron chi connectivity index (χ2n) is 9.82. The van der Waals surface area contributed by atoms with Crippen molar-refractivity contribution in [2.45, 2.75) is 69.4 Å². The zero-order chi connectivity index (χ0) is 27.0. The molecule has 2 saturated heterocycles. The average Bonchev–Trinajstić information content (AvgIpc) is 3.09. The minimum Gasteiger partial charge on any atom is -0.475 e. The van der Waals surface area contributed by atoms with E-state index >= 15 is 0 Å². The van der Waals surface area contributed by atoms with Crippen LogP contribution in [0.5, 0.6) is 5.75 Å². The fraction of sp³-hybridized carbons (Fsp3) is 0.480. The van der Waals surface area contributed by atoms with E-state index in [0.717, 1.165) is 18.9 Å². The van der Waals surface area contributed by atoms with E-state index in [4.69, 9.17) is 16.3 Å². The van der Waals surface area contributed by atoms with Crippen molar-refractivity contribution in [1.82, 2.24) is 15.6 Å². The first-order valence-corrected chi connectivity index (χ1v) is 12.2. The molecule has 7 nitrogen and oxygen atoms in total. The molecule has 37 heavy (non-hydrogen) atoms. The van der Waals surface area contributed by atoms with Crippen molar-refractivity contribution in [3.05, 3.63) is 52.9 Å². The molecule has 2 amide bonds. The molecule has 2 N–H and O–H groups in total. The third-order valence-corrected chi connectivity index (χ3v) is 6.83. The largest absolute Gasteiger partial charge is 0.475 e. The molecule has 2 fully saturated rings. The summed E-state index contributed by atoms with van der Waals surface area (Å²) >= 11 is 5.78. The standard InChI is InChI=1S/C25H27ClF4N4O3/c1-24(2,37-20-7-4-15(26)9-19(20)27)23(36)33-16-10-17-5-6-18(11-16)34(17)21-8-3-14(12-31-21)22(35)32-13-25(28,29)30/h3-4,7-9,12,16-18H,5-6,10-11,13H2,1-2H3,(H,32,35)(H,33,36). The number of ether oxygens (including phenoxy) is 1. The van der Waals surface area contributed by atoms with Crippen molar-refractivity contribution >= 4 is 29.2 Å². The lowest BCUT2D eigenvalue weighted by molar-refractivity contribution is -0.135. The monoisotopic (exact) mass is 542 g/mol. The Labute approximate surface area is 216 Å². The molecule has 1 aromatic carbocycles.